The highest BCUT2D eigenvalue weighted by atomic mass is 32.2. The highest BCUT2D eigenvalue weighted by Gasteiger charge is 2.34. The second kappa shape index (κ2) is 32.8. The zero-order valence-corrected chi connectivity index (χ0v) is 44.5. The van der Waals surface area contributed by atoms with Gasteiger partial charge < -0.3 is 68.9 Å². The number of carbonyl (C=O) groups is 11. The molecular formula is C46H74N11O16PS. The van der Waals surface area contributed by atoms with E-state index in [0.717, 1.165) is 0 Å². The van der Waals surface area contributed by atoms with Gasteiger partial charge in [0.05, 0.1) is 19.1 Å². The number of carboxylic acid groups (broad SMARTS) is 1. The number of phosphoric ester groups is 1. The van der Waals surface area contributed by atoms with Crippen molar-refractivity contribution in [3.63, 3.8) is 0 Å². The Hall–Kier alpha value is -6.35. The molecule has 1 aliphatic heterocycles. The van der Waals surface area contributed by atoms with Crippen LogP contribution in [0.25, 0.3) is 0 Å². The van der Waals surface area contributed by atoms with Gasteiger partial charge in [0.1, 0.15) is 42.0 Å². The highest BCUT2D eigenvalue weighted by Crippen LogP contribution is 2.37. The van der Waals surface area contributed by atoms with Crippen molar-refractivity contribution in [1.29, 1.82) is 0 Å². The molecule has 1 saturated heterocycles. The van der Waals surface area contributed by atoms with Gasteiger partial charge in [-0.25, -0.2) is 4.57 Å². The van der Waals surface area contributed by atoms with Crippen molar-refractivity contribution >= 4 is 84.6 Å². The maximum Gasteiger partial charge on any atom is 0.524 e. The van der Waals surface area contributed by atoms with Crippen LogP contribution in [0.2, 0.25) is 0 Å². The van der Waals surface area contributed by atoms with Crippen LogP contribution in [0.15, 0.2) is 24.3 Å². The minimum atomic E-state index is -4.96. The average Bonchev–Trinajstić information content (AvgIpc) is 3.32. The van der Waals surface area contributed by atoms with E-state index >= 15 is 0 Å². The minimum Gasteiger partial charge on any atom is -0.481 e. The van der Waals surface area contributed by atoms with E-state index in [9.17, 15) is 67.1 Å². The number of carbonyl (C=O) groups excluding carboxylic acids is 10. The number of carboxylic acids is 1. The molecule has 7 atom stereocenters. The number of thioether (sulfide) groups is 1. The van der Waals surface area contributed by atoms with Crippen molar-refractivity contribution in [3.05, 3.63) is 29.8 Å². The summed E-state index contributed by atoms with van der Waals surface area (Å²) in [6.45, 7) is 6.04. The Kier molecular flexibility index (Phi) is 28.4. The number of aliphatic carboxylic acids is 1. The normalized spacial score (nSPS) is 20.0. The zero-order valence-electron chi connectivity index (χ0n) is 42.8. The van der Waals surface area contributed by atoms with Gasteiger partial charge in [0.25, 0.3) is 0 Å². The molecule has 0 aliphatic carbocycles. The Morgan fingerprint density at radius 2 is 1.44 bits per heavy atom. The molecule has 1 aromatic carbocycles. The van der Waals surface area contributed by atoms with E-state index in [4.69, 9.17) is 16.6 Å². The molecule has 1 fully saturated rings. The van der Waals surface area contributed by atoms with Gasteiger partial charge in [0.2, 0.25) is 59.1 Å². The summed E-state index contributed by atoms with van der Waals surface area (Å²) < 4.78 is 16.2. The number of benzene rings is 1. The van der Waals surface area contributed by atoms with Gasteiger partial charge >= 0.3 is 13.8 Å². The third-order valence-electron chi connectivity index (χ3n) is 11.2. The minimum absolute atomic E-state index is 0.0299. The second-order valence-corrected chi connectivity index (χ2v) is 20.9. The van der Waals surface area contributed by atoms with Gasteiger partial charge in [-0.1, -0.05) is 39.8 Å². The van der Waals surface area contributed by atoms with Crippen molar-refractivity contribution in [3.8, 4) is 5.75 Å². The Labute approximate surface area is 439 Å². The zero-order chi connectivity index (χ0) is 56.4. The molecule has 420 valence electrons. The molecule has 1 heterocycles. The molecule has 10 amide bonds. The Balaban J connectivity index is 2.63. The fourth-order valence-corrected chi connectivity index (χ4v) is 8.22. The first-order valence-corrected chi connectivity index (χ1v) is 27.3. The monoisotopic (exact) mass is 1100 g/mol. The van der Waals surface area contributed by atoms with Crippen molar-refractivity contribution in [2.24, 2.45) is 23.3 Å². The lowest BCUT2D eigenvalue weighted by Gasteiger charge is -2.28. The van der Waals surface area contributed by atoms with E-state index in [1.54, 1.807) is 34.0 Å². The molecule has 1 aromatic rings. The van der Waals surface area contributed by atoms with E-state index in [1.807, 2.05) is 0 Å². The van der Waals surface area contributed by atoms with Crippen LogP contribution >= 0.6 is 19.6 Å². The smallest absolute Gasteiger partial charge is 0.481 e. The molecule has 2 rings (SSSR count). The van der Waals surface area contributed by atoms with Crippen LogP contribution in [0.5, 0.6) is 5.75 Å². The largest absolute Gasteiger partial charge is 0.524 e. The molecule has 75 heavy (non-hydrogen) atoms. The maximum absolute atomic E-state index is 14.5. The lowest BCUT2D eigenvalue weighted by Crippen LogP contribution is -2.60. The molecule has 16 N–H and O–H groups in total. The van der Waals surface area contributed by atoms with Crippen molar-refractivity contribution < 1.29 is 76.7 Å². The van der Waals surface area contributed by atoms with Gasteiger partial charge in [0.15, 0.2) is 0 Å². The molecule has 0 unspecified atom stereocenters. The number of amides is 10. The van der Waals surface area contributed by atoms with Crippen LogP contribution in [-0.2, 0) is 63.7 Å². The number of hydrogen-bond donors (Lipinski definition) is 14. The molecular weight excluding hydrogens is 1030 g/mol. The Morgan fingerprint density at radius 1 is 0.813 bits per heavy atom. The summed E-state index contributed by atoms with van der Waals surface area (Å²) in [6.07, 6.45) is 0.584. The quantitative estimate of drug-likeness (QED) is 0.0502. The van der Waals surface area contributed by atoms with Gasteiger partial charge in [-0.3, -0.25) is 62.5 Å². The van der Waals surface area contributed by atoms with Crippen molar-refractivity contribution in [2.45, 2.75) is 141 Å². The fourth-order valence-electron chi connectivity index (χ4n) is 7.35. The number of hydrogen-bond acceptors (Lipinski definition) is 15. The van der Waals surface area contributed by atoms with Crippen LogP contribution in [0.3, 0.4) is 0 Å². The molecule has 27 nitrogen and oxygen atoms in total. The van der Waals surface area contributed by atoms with Gasteiger partial charge in [-0.2, -0.15) is 11.8 Å². The predicted molar refractivity (Wildman–Crippen MR) is 272 cm³/mol. The summed E-state index contributed by atoms with van der Waals surface area (Å²) in [6, 6.07) is -4.38. The Morgan fingerprint density at radius 3 is 2.04 bits per heavy atom. The van der Waals surface area contributed by atoms with Crippen molar-refractivity contribution in [1.82, 2.24) is 47.9 Å². The number of nitrogens with two attached hydrogens (primary N) is 2. The molecule has 29 heteroatoms. The van der Waals surface area contributed by atoms with Gasteiger partial charge in [0, 0.05) is 25.8 Å². The van der Waals surface area contributed by atoms with E-state index in [2.05, 4.69) is 52.4 Å². The molecule has 0 bridgehead atoms. The van der Waals surface area contributed by atoms with Crippen LogP contribution in [0.1, 0.15) is 97.5 Å². The van der Waals surface area contributed by atoms with Crippen LogP contribution < -0.4 is 63.8 Å². The first-order chi connectivity index (χ1) is 35.2. The van der Waals surface area contributed by atoms with E-state index < -0.39 is 135 Å². The Bertz CT molecular complexity index is 2200. The van der Waals surface area contributed by atoms with Crippen LogP contribution in [0, 0.1) is 11.8 Å². The second-order valence-electron chi connectivity index (χ2n) is 18.7. The third kappa shape index (κ3) is 26.6. The topological polar surface area (TPSA) is 435 Å². The number of nitrogens with one attached hydrogen (secondary N) is 9. The summed E-state index contributed by atoms with van der Waals surface area (Å²) >= 11 is 1.31. The SMILES string of the molecule is CSCC[C@@H]1NC(=O)[C@H](Cc2ccc(OP(=O)(O)O)cc2)NC(=O)[C@@H](NC(=O)[C@H](CC(C)C)NC(=O)CNC(=O)[C@@H](N)CCC(=O)O)CCCCNC(=O)CNC(=O)CC[C@@H](C(=O)N[C@@H](CC(C)C)C(N)=O)NC1=O. The summed E-state index contributed by atoms with van der Waals surface area (Å²) in [4.78, 5) is 164. The highest BCUT2D eigenvalue weighted by molar-refractivity contribution is 7.98. The maximum atomic E-state index is 14.5. The lowest BCUT2D eigenvalue weighted by atomic mass is 10.0. The summed E-state index contributed by atoms with van der Waals surface area (Å²) in [5.74, 6) is -9.60. The fraction of sp³-hybridized carbons (Fsp3) is 0.630. The van der Waals surface area contributed by atoms with Gasteiger partial charge in [-0.05, 0) is 92.9 Å². The first-order valence-electron chi connectivity index (χ1n) is 24.4. The molecule has 0 aromatic heterocycles. The molecule has 0 saturated carbocycles. The summed E-state index contributed by atoms with van der Waals surface area (Å²) in [5.41, 5.74) is 11.6. The van der Waals surface area contributed by atoms with Crippen LogP contribution in [0.4, 0.5) is 0 Å². The number of primary amides is 1. The first kappa shape index (κ1) is 64.8. The number of rotatable bonds is 23. The molecule has 0 spiro atoms. The van der Waals surface area contributed by atoms with Crippen molar-refractivity contribution in [2.75, 3.05) is 31.6 Å². The van der Waals surface area contributed by atoms with E-state index in [0.29, 0.717) is 5.56 Å². The average molecular weight is 1100 g/mol. The number of phosphoric acid groups is 1. The molecule has 1 aliphatic rings. The summed E-state index contributed by atoms with van der Waals surface area (Å²) in [5, 5.41) is 31.9. The molecule has 0 radical (unpaired) electrons. The van der Waals surface area contributed by atoms with E-state index in [-0.39, 0.29) is 94.1 Å². The third-order valence-corrected chi connectivity index (χ3v) is 12.3. The lowest BCUT2D eigenvalue weighted by molar-refractivity contribution is -0.137. The summed E-state index contributed by atoms with van der Waals surface area (Å²) in [7, 11) is -4.96. The van der Waals surface area contributed by atoms with Gasteiger partial charge in [-0.15, -0.1) is 0 Å². The standard InChI is InChI=1S/C46H74N11O16PS/c1-25(2)20-33(40(48)63)56-43(66)31-14-15-36(58)50-23-37(59)49-18-7-6-8-30(53-45(68)34(21-26(3)4)52-38(60)24-51-41(64)29(47)13-16-39(61)62)42(65)57-35(46(69)55-32(17-19-75-5)44(67)54-31)22-27-9-11-28(12-10-27)73-74(70,71)72/h9-12,25-26,29-35H,6-8,13-24,47H2,1-5H3,(H2,48,63)(H,49,59)(H,50,58)(H,51,64)(H,52,60)(H,53,68)(H,54,67)(H,55,69)(H,56,66)(H,57,65)(H,61,62)(H2,70,71,72)/t29-,30-,31-,32-,33-,34-,35-/m0/s1. The van der Waals surface area contributed by atoms with E-state index in [1.165, 1.54) is 36.0 Å². The predicted octanol–water partition coefficient (Wildman–Crippen LogP) is -2.56. The van der Waals surface area contributed by atoms with Crippen LogP contribution in [-0.4, -0.2) is 154 Å².